The molecule has 5 nitrogen and oxygen atoms in total. The first-order valence-corrected chi connectivity index (χ1v) is 7.92. The topological polar surface area (TPSA) is 73.4 Å². The van der Waals surface area contributed by atoms with Gasteiger partial charge in [-0.3, -0.25) is 15.5 Å². The molecule has 2 saturated heterocycles. The fraction of sp³-hybridized carbons (Fsp3) is 0.462. The van der Waals surface area contributed by atoms with Gasteiger partial charge in [0.1, 0.15) is 6.04 Å². The molecule has 0 spiro atoms. The van der Waals surface area contributed by atoms with E-state index < -0.39 is 12.0 Å². The first kappa shape index (κ1) is 14.2. The molecule has 4 atom stereocenters. The maximum Gasteiger partial charge on any atom is 0.321 e. The number of benzene rings is 1. The van der Waals surface area contributed by atoms with Gasteiger partial charge >= 0.3 is 5.97 Å². The Morgan fingerprint density at radius 1 is 1.35 bits per heavy atom. The molecule has 1 aromatic carbocycles. The lowest BCUT2D eigenvalue weighted by Crippen LogP contribution is -2.41. The van der Waals surface area contributed by atoms with Crippen LogP contribution in [-0.2, 0) is 4.79 Å². The summed E-state index contributed by atoms with van der Waals surface area (Å²) in [6, 6.07) is 7.48. The van der Waals surface area contributed by atoms with Gasteiger partial charge in [-0.2, -0.15) is 0 Å². The fourth-order valence-electron chi connectivity index (χ4n) is 2.68. The van der Waals surface area contributed by atoms with Crippen molar-refractivity contribution in [3.63, 3.8) is 0 Å². The largest absolute Gasteiger partial charge is 0.480 e. The fourth-order valence-corrected chi connectivity index (χ4v) is 4.20. The van der Waals surface area contributed by atoms with Crippen molar-refractivity contribution in [1.82, 2.24) is 16.2 Å². The van der Waals surface area contributed by atoms with E-state index in [1.54, 1.807) is 11.8 Å². The van der Waals surface area contributed by atoms with Crippen LogP contribution in [-0.4, -0.2) is 34.8 Å². The van der Waals surface area contributed by atoms with Gasteiger partial charge in [-0.25, -0.2) is 5.43 Å². The molecule has 0 saturated carbocycles. The van der Waals surface area contributed by atoms with Gasteiger partial charge in [0.15, 0.2) is 0 Å². The van der Waals surface area contributed by atoms with Crippen LogP contribution in [0, 0.1) is 5.92 Å². The van der Waals surface area contributed by atoms with Crippen LogP contribution in [0.1, 0.15) is 11.6 Å². The lowest BCUT2D eigenvalue weighted by atomic mass is 9.94. The second-order valence-corrected chi connectivity index (χ2v) is 6.64. The van der Waals surface area contributed by atoms with Crippen LogP contribution < -0.4 is 16.2 Å². The minimum absolute atomic E-state index is 0.138. The second-order valence-electron chi connectivity index (χ2n) is 5.03. The summed E-state index contributed by atoms with van der Waals surface area (Å²) in [6.07, 6.45) is 0. The Morgan fingerprint density at radius 3 is 2.75 bits per heavy atom. The summed E-state index contributed by atoms with van der Waals surface area (Å²) in [5.74, 6) is 0.136. The van der Waals surface area contributed by atoms with Gasteiger partial charge in [0.25, 0.3) is 0 Å². The number of rotatable bonds is 3. The van der Waals surface area contributed by atoms with Crippen molar-refractivity contribution in [2.24, 2.45) is 5.92 Å². The van der Waals surface area contributed by atoms with Crippen molar-refractivity contribution >= 4 is 29.3 Å². The van der Waals surface area contributed by atoms with Gasteiger partial charge in [0.2, 0.25) is 0 Å². The number of thioether (sulfide) groups is 1. The zero-order valence-corrected chi connectivity index (χ0v) is 12.2. The maximum atomic E-state index is 11.0. The minimum Gasteiger partial charge on any atom is -0.480 e. The Balaban J connectivity index is 1.73. The number of halogens is 1. The molecule has 108 valence electrons. The maximum absolute atomic E-state index is 11.0. The van der Waals surface area contributed by atoms with Gasteiger partial charge in [-0.15, -0.1) is 11.8 Å². The predicted octanol–water partition coefficient (Wildman–Crippen LogP) is 1.22. The number of carbonyl (C=O) groups is 1. The molecule has 0 amide bonds. The average molecular weight is 314 g/mol. The molecule has 2 fully saturated rings. The average Bonchev–Trinajstić information content (AvgIpc) is 3.08. The Kier molecular flexibility index (Phi) is 4.18. The molecule has 2 heterocycles. The molecule has 4 N–H and O–H groups in total. The highest BCUT2D eigenvalue weighted by molar-refractivity contribution is 8.00. The van der Waals surface area contributed by atoms with Crippen molar-refractivity contribution in [2.75, 3.05) is 12.3 Å². The van der Waals surface area contributed by atoms with Crippen LogP contribution >= 0.6 is 23.4 Å². The summed E-state index contributed by atoms with van der Waals surface area (Å²) >= 11 is 7.60. The standard InChI is InChI=1S/C13H16ClN3O2S/c14-8-3-1-7(2-4-8)11-9(5-15-17-11)12-16-10(6-20-12)13(18)19/h1-4,9-12,15-17H,5-6H2,(H,18,19). The molecule has 0 aromatic heterocycles. The van der Waals surface area contributed by atoms with Gasteiger partial charge < -0.3 is 5.11 Å². The summed E-state index contributed by atoms with van der Waals surface area (Å²) in [7, 11) is 0. The van der Waals surface area contributed by atoms with Crippen molar-refractivity contribution in [1.29, 1.82) is 0 Å². The number of hydrazine groups is 1. The third-order valence-electron chi connectivity index (χ3n) is 3.75. The summed E-state index contributed by atoms with van der Waals surface area (Å²) in [4.78, 5) is 11.0. The zero-order valence-electron chi connectivity index (χ0n) is 10.7. The van der Waals surface area contributed by atoms with E-state index >= 15 is 0 Å². The van der Waals surface area contributed by atoms with E-state index in [-0.39, 0.29) is 11.4 Å². The van der Waals surface area contributed by atoms with E-state index in [1.165, 1.54) is 0 Å². The zero-order chi connectivity index (χ0) is 14.1. The number of hydrogen-bond acceptors (Lipinski definition) is 5. The number of nitrogens with one attached hydrogen (secondary N) is 3. The quantitative estimate of drug-likeness (QED) is 0.672. The molecule has 4 unspecified atom stereocenters. The summed E-state index contributed by atoms with van der Waals surface area (Å²) in [6.45, 7) is 0.810. The Hall–Kier alpha value is -0.790. The van der Waals surface area contributed by atoms with Crippen molar-refractivity contribution in [3.8, 4) is 0 Å². The summed E-state index contributed by atoms with van der Waals surface area (Å²) < 4.78 is 0. The van der Waals surface area contributed by atoms with E-state index in [4.69, 9.17) is 16.7 Å². The van der Waals surface area contributed by atoms with Crippen molar-refractivity contribution < 1.29 is 9.90 Å². The normalized spacial score (nSPS) is 33.5. The first-order chi connectivity index (χ1) is 9.65. The summed E-state index contributed by atoms with van der Waals surface area (Å²) in [5, 5.41) is 13.1. The molecule has 20 heavy (non-hydrogen) atoms. The molecule has 1 aromatic rings. The highest BCUT2D eigenvalue weighted by atomic mass is 35.5. The Morgan fingerprint density at radius 2 is 2.10 bits per heavy atom. The van der Waals surface area contributed by atoms with Gasteiger partial charge in [0.05, 0.1) is 11.4 Å². The monoisotopic (exact) mass is 313 g/mol. The lowest BCUT2D eigenvalue weighted by Gasteiger charge is -2.24. The van der Waals surface area contributed by atoms with Crippen molar-refractivity contribution in [3.05, 3.63) is 34.9 Å². The van der Waals surface area contributed by atoms with Crippen LogP contribution in [0.3, 0.4) is 0 Å². The molecule has 0 aliphatic carbocycles. The van der Waals surface area contributed by atoms with Crippen molar-refractivity contribution in [2.45, 2.75) is 17.5 Å². The van der Waals surface area contributed by atoms with Crippen LogP contribution in [0.5, 0.6) is 0 Å². The number of aliphatic carboxylic acids is 1. The Bertz CT molecular complexity index is 499. The van der Waals surface area contributed by atoms with E-state index in [0.29, 0.717) is 11.7 Å². The molecule has 3 rings (SSSR count). The number of carboxylic acid groups (broad SMARTS) is 1. The first-order valence-electron chi connectivity index (χ1n) is 6.49. The van der Waals surface area contributed by atoms with Crippen LogP contribution in [0.2, 0.25) is 5.02 Å². The Labute approximate surface area is 126 Å². The summed E-state index contributed by atoms with van der Waals surface area (Å²) in [5.41, 5.74) is 7.60. The second kappa shape index (κ2) is 5.91. The molecular formula is C13H16ClN3O2S. The highest BCUT2D eigenvalue weighted by Crippen LogP contribution is 2.35. The SMILES string of the molecule is O=C(O)C1CSC(C2CNNC2c2ccc(Cl)cc2)N1. The van der Waals surface area contributed by atoms with Gasteiger partial charge in [-0.05, 0) is 17.7 Å². The predicted molar refractivity (Wildman–Crippen MR) is 79.6 cm³/mol. The van der Waals surface area contributed by atoms with Gasteiger partial charge in [0, 0.05) is 23.2 Å². The number of hydrogen-bond donors (Lipinski definition) is 4. The van der Waals surface area contributed by atoms with E-state index in [9.17, 15) is 4.79 Å². The highest BCUT2D eigenvalue weighted by Gasteiger charge is 2.40. The molecule has 2 aliphatic heterocycles. The third-order valence-corrected chi connectivity index (χ3v) is 5.37. The van der Waals surface area contributed by atoms with Crippen LogP contribution in [0.15, 0.2) is 24.3 Å². The molecule has 0 bridgehead atoms. The molecule has 7 heteroatoms. The van der Waals surface area contributed by atoms with Crippen LogP contribution in [0.4, 0.5) is 0 Å². The van der Waals surface area contributed by atoms with Crippen LogP contribution in [0.25, 0.3) is 0 Å². The molecule has 2 aliphatic rings. The van der Waals surface area contributed by atoms with E-state index in [1.807, 2.05) is 24.3 Å². The molecule has 0 radical (unpaired) electrons. The minimum atomic E-state index is -0.776. The smallest absolute Gasteiger partial charge is 0.321 e. The number of carboxylic acids is 1. The van der Waals surface area contributed by atoms with E-state index in [2.05, 4.69) is 16.2 Å². The molecular weight excluding hydrogens is 298 g/mol. The third kappa shape index (κ3) is 2.80. The van der Waals surface area contributed by atoms with Gasteiger partial charge in [-0.1, -0.05) is 23.7 Å². The lowest BCUT2D eigenvalue weighted by molar-refractivity contribution is -0.138. The van der Waals surface area contributed by atoms with E-state index in [0.717, 1.165) is 17.1 Å².